The van der Waals surface area contributed by atoms with Crippen molar-refractivity contribution in [2.24, 2.45) is 0 Å². The molecule has 236 valence electrons. The number of nitrogens with zero attached hydrogens (tertiary/aromatic N) is 4. The molecular weight excluding hydrogens is 627 g/mol. The second-order valence-electron chi connectivity index (χ2n) is 11.1. The number of anilines is 3. The number of benzene rings is 2. The Bertz CT molecular complexity index is 2110. The molecule has 4 aromatic heterocycles. The van der Waals surface area contributed by atoms with Crippen LogP contribution in [0.15, 0.2) is 96.6 Å². The fourth-order valence-electron chi connectivity index (χ4n) is 5.73. The first-order chi connectivity index (χ1) is 22.7. The SMILES string of the molecule is O=C(Cc1cccs1)Nc1cccc(-c2nn3ccccc3c2-c2ccnc(Nc3ccc4c(c3)CC(NC(=O)C(F)(F)F)C4)n2)c1. The lowest BCUT2D eigenvalue weighted by Gasteiger charge is -2.13. The van der Waals surface area contributed by atoms with Crippen molar-refractivity contribution in [2.75, 3.05) is 10.6 Å². The summed E-state index contributed by atoms with van der Waals surface area (Å²) in [5.41, 5.74) is 6.69. The maximum atomic E-state index is 12.7. The van der Waals surface area contributed by atoms with Gasteiger partial charge < -0.3 is 16.0 Å². The van der Waals surface area contributed by atoms with E-state index in [-0.39, 0.29) is 18.7 Å². The molecule has 9 nitrogen and oxygen atoms in total. The van der Waals surface area contributed by atoms with E-state index in [2.05, 4.69) is 20.9 Å². The van der Waals surface area contributed by atoms with Crippen LogP contribution in [0.4, 0.5) is 30.5 Å². The number of hydrogen-bond donors (Lipinski definition) is 3. The molecule has 2 amide bonds. The normalized spacial score (nSPS) is 14.1. The van der Waals surface area contributed by atoms with Gasteiger partial charge in [-0.25, -0.2) is 14.5 Å². The summed E-state index contributed by atoms with van der Waals surface area (Å²) in [4.78, 5) is 34.3. The number of alkyl halides is 3. The molecule has 0 fully saturated rings. The molecule has 0 spiro atoms. The first-order valence-electron chi connectivity index (χ1n) is 14.7. The van der Waals surface area contributed by atoms with Crippen LogP contribution in [0.1, 0.15) is 16.0 Å². The van der Waals surface area contributed by atoms with E-state index < -0.39 is 18.1 Å². The summed E-state index contributed by atoms with van der Waals surface area (Å²) >= 11 is 1.53. The van der Waals surface area contributed by atoms with E-state index in [0.29, 0.717) is 35.1 Å². The molecule has 13 heteroatoms. The number of thiophene rings is 1. The van der Waals surface area contributed by atoms with E-state index in [1.807, 2.05) is 84.4 Å². The lowest BCUT2D eigenvalue weighted by atomic mass is 10.0. The number of amides is 2. The third-order valence-corrected chi connectivity index (χ3v) is 8.65. The molecule has 0 radical (unpaired) electrons. The smallest absolute Gasteiger partial charge is 0.345 e. The minimum Gasteiger partial charge on any atom is -0.345 e. The number of hydrogen-bond acceptors (Lipinski definition) is 7. The van der Waals surface area contributed by atoms with Crippen LogP contribution in [-0.2, 0) is 28.9 Å². The molecule has 0 saturated carbocycles. The van der Waals surface area contributed by atoms with E-state index in [4.69, 9.17) is 10.1 Å². The van der Waals surface area contributed by atoms with Crippen molar-refractivity contribution in [2.45, 2.75) is 31.5 Å². The highest BCUT2D eigenvalue weighted by Crippen LogP contribution is 2.36. The van der Waals surface area contributed by atoms with Crippen LogP contribution in [0.2, 0.25) is 0 Å². The van der Waals surface area contributed by atoms with Crippen molar-refractivity contribution < 1.29 is 22.8 Å². The Balaban J connectivity index is 1.15. The Labute approximate surface area is 270 Å². The quantitative estimate of drug-likeness (QED) is 0.171. The van der Waals surface area contributed by atoms with Crippen LogP contribution in [0.3, 0.4) is 0 Å². The van der Waals surface area contributed by atoms with Gasteiger partial charge in [0.15, 0.2) is 0 Å². The van der Waals surface area contributed by atoms with E-state index >= 15 is 0 Å². The van der Waals surface area contributed by atoms with Crippen LogP contribution in [0.25, 0.3) is 28.0 Å². The van der Waals surface area contributed by atoms with Crippen molar-refractivity contribution in [1.82, 2.24) is 24.9 Å². The molecule has 3 N–H and O–H groups in total. The largest absolute Gasteiger partial charge is 0.471 e. The number of carbonyl (C=O) groups excluding carboxylic acids is 2. The predicted molar refractivity (Wildman–Crippen MR) is 173 cm³/mol. The van der Waals surface area contributed by atoms with Gasteiger partial charge in [0.1, 0.15) is 5.69 Å². The van der Waals surface area contributed by atoms with Crippen LogP contribution in [-0.4, -0.2) is 43.6 Å². The molecule has 4 heterocycles. The Morgan fingerprint density at radius 3 is 2.64 bits per heavy atom. The zero-order valence-electron chi connectivity index (χ0n) is 24.6. The Hall–Kier alpha value is -5.56. The highest BCUT2D eigenvalue weighted by molar-refractivity contribution is 7.10. The van der Waals surface area contributed by atoms with Gasteiger partial charge in [0.25, 0.3) is 0 Å². The van der Waals surface area contributed by atoms with Gasteiger partial charge in [0.2, 0.25) is 11.9 Å². The molecule has 6 aromatic rings. The number of halogens is 3. The number of aromatic nitrogens is 4. The maximum Gasteiger partial charge on any atom is 0.471 e. The van der Waals surface area contributed by atoms with Gasteiger partial charge in [0, 0.05) is 40.3 Å². The fraction of sp³-hybridized carbons (Fsp3) is 0.147. The third kappa shape index (κ3) is 6.56. The topological polar surface area (TPSA) is 113 Å². The van der Waals surface area contributed by atoms with Gasteiger partial charge >= 0.3 is 12.1 Å². The highest BCUT2D eigenvalue weighted by Gasteiger charge is 2.40. The van der Waals surface area contributed by atoms with E-state index in [1.165, 1.54) is 11.3 Å². The zero-order chi connectivity index (χ0) is 32.5. The highest BCUT2D eigenvalue weighted by atomic mass is 32.1. The van der Waals surface area contributed by atoms with E-state index in [9.17, 15) is 22.8 Å². The molecule has 1 aliphatic rings. The van der Waals surface area contributed by atoms with Crippen molar-refractivity contribution in [3.63, 3.8) is 0 Å². The van der Waals surface area contributed by atoms with Crippen molar-refractivity contribution in [3.8, 4) is 22.5 Å². The summed E-state index contributed by atoms with van der Waals surface area (Å²) in [6.45, 7) is 0. The molecule has 1 aliphatic carbocycles. The summed E-state index contributed by atoms with van der Waals surface area (Å²) in [6, 6.07) is 23.7. The molecule has 0 saturated heterocycles. The maximum absolute atomic E-state index is 12.7. The predicted octanol–water partition coefficient (Wildman–Crippen LogP) is 6.59. The van der Waals surface area contributed by atoms with Gasteiger partial charge in [-0.1, -0.05) is 30.3 Å². The molecule has 7 rings (SSSR count). The lowest BCUT2D eigenvalue weighted by Crippen LogP contribution is -2.43. The minimum atomic E-state index is -4.92. The summed E-state index contributed by atoms with van der Waals surface area (Å²) in [7, 11) is 0. The lowest BCUT2D eigenvalue weighted by molar-refractivity contribution is -0.174. The number of carbonyl (C=O) groups is 2. The Kier molecular flexibility index (Phi) is 7.90. The van der Waals surface area contributed by atoms with Gasteiger partial charge in [0.05, 0.1) is 23.2 Å². The van der Waals surface area contributed by atoms with E-state index in [0.717, 1.165) is 32.6 Å². The second kappa shape index (κ2) is 12.3. The number of pyridine rings is 1. The zero-order valence-corrected chi connectivity index (χ0v) is 25.4. The molecular formula is C34H26F3N7O2S. The van der Waals surface area contributed by atoms with Crippen molar-refractivity contribution in [1.29, 1.82) is 0 Å². The number of nitrogens with one attached hydrogen (secondary N) is 3. The number of rotatable bonds is 8. The van der Waals surface area contributed by atoms with Gasteiger partial charge in [-0.2, -0.15) is 18.3 Å². The van der Waals surface area contributed by atoms with Crippen molar-refractivity contribution in [3.05, 3.63) is 113 Å². The van der Waals surface area contributed by atoms with Crippen LogP contribution < -0.4 is 16.0 Å². The molecule has 47 heavy (non-hydrogen) atoms. The third-order valence-electron chi connectivity index (χ3n) is 7.77. The molecule has 0 bridgehead atoms. The molecule has 0 aliphatic heterocycles. The standard InChI is InChI=1S/C34H26F3N7O2S/c35-34(36,37)32(46)40-25-15-20-9-10-24(17-22(20)18-25)41-33-38-12-11-27(42-33)30-28-8-1-2-13-44(28)43-31(30)21-5-3-6-23(16-21)39-29(45)19-26-7-4-14-47-26/h1-14,16-17,25H,15,18-19H2,(H,39,45)(H,40,46)(H,38,41,42). The first kappa shape index (κ1) is 30.1. The minimum absolute atomic E-state index is 0.112. The van der Waals surface area contributed by atoms with Gasteiger partial charge in [-0.3, -0.25) is 9.59 Å². The second-order valence-corrected chi connectivity index (χ2v) is 12.1. The first-order valence-corrected chi connectivity index (χ1v) is 15.6. The van der Waals surface area contributed by atoms with E-state index in [1.54, 1.807) is 16.8 Å². The van der Waals surface area contributed by atoms with Gasteiger partial charge in [-0.15, -0.1) is 11.3 Å². The van der Waals surface area contributed by atoms with Crippen LogP contribution >= 0.6 is 11.3 Å². The monoisotopic (exact) mass is 653 g/mol. The summed E-state index contributed by atoms with van der Waals surface area (Å²) in [5, 5.41) is 15.1. The molecule has 1 atom stereocenters. The van der Waals surface area contributed by atoms with Crippen molar-refractivity contribution >= 4 is 46.0 Å². The summed E-state index contributed by atoms with van der Waals surface area (Å²) in [5.74, 6) is -1.73. The summed E-state index contributed by atoms with van der Waals surface area (Å²) < 4.78 is 40.0. The Morgan fingerprint density at radius 2 is 1.81 bits per heavy atom. The molecule has 2 aromatic carbocycles. The number of fused-ring (bicyclic) bond motifs is 2. The average Bonchev–Trinajstić information content (AvgIpc) is 3.79. The average molecular weight is 654 g/mol. The van der Waals surface area contributed by atoms with Crippen LogP contribution in [0, 0.1) is 0 Å². The molecule has 1 unspecified atom stereocenters. The van der Waals surface area contributed by atoms with Crippen LogP contribution in [0.5, 0.6) is 0 Å². The van der Waals surface area contributed by atoms with Gasteiger partial charge in [-0.05, 0) is 77.9 Å². The fourth-order valence-corrected chi connectivity index (χ4v) is 6.43. The Morgan fingerprint density at radius 1 is 0.936 bits per heavy atom. The summed E-state index contributed by atoms with van der Waals surface area (Å²) in [6.07, 6.45) is -0.541.